The zero-order valence-electron chi connectivity index (χ0n) is 11.7. The molecule has 0 N–H and O–H groups in total. The van der Waals surface area contributed by atoms with Gasteiger partial charge in [0.1, 0.15) is 17.4 Å². The van der Waals surface area contributed by atoms with Crippen LogP contribution < -0.4 is 4.74 Å². The van der Waals surface area contributed by atoms with Gasteiger partial charge in [0.05, 0.1) is 7.11 Å². The number of ketones is 1. The van der Waals surface area contributed by atoms with Crippen molar-refractivity contribution in [3.05, 3.63) is 59.2 Å². The Bertz CT molecular complexity index is 671. The summed E-state index contributed by atoms with van der Waals surface area (Å²) in [6, 6.07) is 8.43. The number of benzene rings is 2. The highest BCUT2D eigenvalue weighted by Crippen LogP contribution is 2.30. The molecule has 0 atom stereocenters. The van der Waals surface area contributed by atoms with Crippen LogP contribution in [0, 0.1) is 11.6 Å². The minimum atomic E-state index is -0.483. The van der Waals surface area contributed by atoms with Crippen LogP contribution in [0.25, 0.3) is 0 Å². The Morgan fingerprint density at radius 3 is 2.62 bits per heavy atom. The van der Waals surface area contributed by atoms with E-state index in [9.17, 15) is 13.6 Å². The van der Waals surface area contributed by atoms with Crippen molar-refractivity contribution in [1.82, 2.24) is 0 Å². The van der Waals surface area contributed by atoms with Crippen molar-refractivity contribution < 1.29 is 18.3 Å². The molecule has 0 saturated heterocycles. The van der Waals surface area contributed by atoms with Gasteiger partial charge in [-0.2, -0.15) is 0 Å². The fraction of sp³-hybridized carbons (Fsp3) is 0.188. The van der Waals surface area contributed by atoms with Gasteiger partial charge in [-0.25, -0.2) is 8.78 Å². The van der Waals surface area contributed by atoms with E-state index >= 15 is 0 Å². The third kappa shape index (κ3) is 3.82. The lowest BCUT2D eigenvalue weighted by atomic mass is 10.1. The van der Waals surface area contributed by atoms with Crippen LogP contribution in [-0.4, -0.2) is 12.9 Å². The molecule has 2 nitrogen and oxygen atoms in total. The molecule has 0 aromatic heterocycles. The van der Waals surface area contributed by atoms with Gasteiger partial charge < -0.3 is 4.74 Å². The van der Waals surface area contributed by atoms with Gasteiger partial charge in [-0.3, -0.25) is 4.79 Å². The van der Waals surface area contributed by atoms with E-state index in [0.717, 1.165) is 35.5 Å². The molecule has 0 aliphatic heterocycles. The van der Waals surface area contributed by atoms with Crippen LogP contribution in [0.2, 0.25) is 0 Å². The first-order chi connectivity index (χ1) is 10.0. The Kier molecular flexibility index (Phi) is 4.96. The van der Waals surface area contributed by atoms with E-state index in [4.69, 9.17) is 4.74 Å². The number of Topliss-reactive ketones (excluding diaryl/α,β-unsaturated/α-hetero) is 1. The Morgan fingerprint density at radius 1 is 1.19 bits per heavy atom. The predicted molar refractivity (Wildman–Crippen MR) is 78.9 cm³/mol. The summed E-state index contributed by atoms with van der Waals surface area (Å²) < 4.78 is 32.0. The Hall–Kier alpha value is -1.88. The summed E-state index contributed by atoms with van der Waals surface area (Å²) in [5.74, 6) is -0.0124. The second-order valence-electron chi connectivity index (χ2n) is 4.45. The first kappa shape index (κ1) is 15.5. The SMILES string of the molecule is COc1ccc(C(C)=O)cc1CSc1cc(F)ccc1F. The highest BCUT2D eigenvalue weighted by Gasteiger charge is 2.10. The van der Waals surface area contributed by atoms with Gasteiger partial charge in [0, 0.05) is 21.8 Å². The van der Waals surface area contributed by atoms with E-state index in [1.165, 1.54) is 14.0 Å². The summed E-state index contributed by atoms with van der Waals surface area (Å²) in [6.45, 7) is 1.48. The number of carbonyl (C=O) groups excluding carboxylic acids is 1. The van der Waals surface area contributed by atoms with Crippen LogP contribution in [0.15, 0.2) is 41.3 Å². The second kappa shape index (κ2) is 6.72. The standard InChI is InChI=1S/C16H14F2O2S/c1-10(19)11-3-6-15(20-2)12(7-11)9-21-16-8-13(17)4-5-14(16)18/h3-8H,9H2,1-2H3. The molecule has 0 unspecified atom stereocenters. The maximum Gasteiger partial charge on any atom is 0.159 e. The van der Waals surface area contributed by atoms with Gasteiger partial charge in [0.2, 0.25) is 0 Å². The average Bonchev–Trinajstić information content (AvgIpc) is 2.47. The summed E-state index contributed by atoms with van der Waals surface area (Å²) >= 11 is 1.16. The molecular formula is C16H14F2O2S. The molecule has 0 heterocycles. The van der Waals surface area contributed by atoms with Crippen LogP contribution in [0.1, 0.15) is 22.8 Å². The highest BCUT2D eigenvalue weighted by molar-refractivity contribution is 7.98. The van der Waals surface area contributed by atoms with Gasteiger partial charge in [-0.15, -0.1) is 11.8 Å². The molecule has 0 spiro atoms. The predicted octanol–water partition coefficient (Wildman–Crippen LogP) is 4.47. The Morgan fingerprint density at radius 2 is 1.95 bits per heavy atom. The summed E-state index contributed by atoms with van der Waals surface area (Å²) in [4.78, 5) is 11.6. The number of hydrogen-bond acceptors (Lipinski definition) is 3. The first-order valence-electron chi connectivity index (χ1n) is 6.27. The zero-order chi connectivity index (χ0) is 15.4. The molecule has 0 saturated carbocycles. The van der Waals surface area contributed by atoms with Crippen molar-refractivity contribution in [3.63, 3.8) is 0 Å². The monoisotopic (exact) mass is 308 g/mol. The van der Waals surface area contributed by atoms with Crippen LogP contribution in [0.4, 0.5) is 8.78 Å². The summed E-state index contributed by atoms with van der Waals surface area (Å²) in [6.07, 6.45) is 0. The molecule has 0 bridgehead atoms. The number of carbonyl (C=O) groups is 1. The molecule has 2 rings (SSSR count). The molecule has 2 aromatic carbocycles. The number of halogens is 2. The third-order valence-electron chi connectivity index (χ3n) is 2.96. The van der Waals surface area contributed by atoms with E-state index in [2.05, 4.69) is 0 Å². The quantitative estimate of drug-likeness (QED) is 0.602. The van der Waals surface area contributed by atoms with Crippen LogP contribution >= 0.6 is 11.8 Å². The van der Waals surface area contributed by atoms with Gasteiger partial charge >= 0.3 is 0 Å². The Labute approximate surface area is 126 Å². The first-order valence-corrected chi connectivity index (χ1v) is 7.25. The molecule has 0 radical (unpaired) electrons. The fourth-order valence-corrected chi connectivity index (χ4v) is 2.79. The van der Waals surface area contributed by atoms with Crippen molar-refractivity contribution in [3.8, 4) is 5.75 Å². The molecular weight excluding hydrogens is 294 g/mol. The molecule has 21 heavy (non-hydrogen) atoms. The van der Waals surface area contributed by atoms with E-state index in [-0.39, 0.29) is 10.7 Å². The summed E-state index contributed by atoms with van der Waals surface area (Å²) in [7, 11) is 1.53. The van der Waals surface area contributed by atoms with Crippen molar-refractivity contribution >= 4 is 17.5 Å². The van der Waals surface area contributed by atoms with Crippen LogP contribution in [-0.2, 0) is 5.75 Å². The molecule has 5 heteroatoms. The topological polar surface area (TPSA) is 26.3 Å². The number of hydrogen-bond donors (Lipinski definition) is 0. The molecule has 110 valence electrons. The molecule has 0 amide bonds. The van der Waals surface area contributed by atoms with E-state index in [1.54, 1.807) is 18.2 Å². The number of methoxy groups -OCH3 is 1. The van der Waals surface area contributed by atoms with Gasteiger partial charge in [-0.1, -0.05) is 0 Å². The highest BCUT2D eigenvalue weighted by atomic mass is 32.2. The largest absolute Gasteiger partial charge is 0.496 e. The lowest BCUT2D eigenvalue weighted by Crippen LogP contribution is -1.97. The van der Waals surface area contributed by atoms with Gasteiger partial charge in [-0.05, 0) is 43.3 Å². The number of ether oxygens (including phenoxy) is 1. The van der Waals surface area contributed by atoms with Gasteiger partial charge in [0.15, 0.2) is 5.78 Å². The van der Waals surface area contributed by atoms with Crippen molar-refractivity contribution in [2.75, 3.05) is 7.11 Å². The third-order valence-corrected chi connectivity index (χ3v) is 4.04. The lowest BCUT2D eigenvalue weighted by molar-refractivity contribution is 0.101. The minimum Gasteiger partial charge on any atom is -0.496 e. The smallest absolute Gasteiger partial charge is 0.159 e. The van der Waals surface area contributed by atoms with Crippen molar-refractivity contribution in [2.24, 2.45) is 0 Å². The molecule has 2 aromatic rings. The second-order valence-corrected chi connectivity index (χ2v) is 5.46. The number of rotatable bonds is 5. The lowest BCUT2D eigenvalue weighted by Gasteiger charge is -2.10. The zero-order valence-corrected chi connectivity index (χ0v) is 12.5. The molecule has 0 fully saturated rings. The molecule has 0 aliphatic carbocycles. The van der Waals surface area contributed by atoms with Crippen LogP contribution in [0.3, 0.4) is 0 Å². The van der Waals surface area contributed by atoms with Crippen molar-refractivity contribution in [1.29, 1.82) is 0 Å². The maximum atomic E-state index is 13.6. The van der Waals surface area contributed by atoms with E-state index in [0.29, 0.717) is 17.1 Å². The fourth-order valence-electron chi connectivity index (χ4n) is 1.85. The average molecular weight is 308 g/mol. The normalized spacial score (nSPS) is 10.5. The van der Waals surface area contributed by atoms with Crippen molar-refractivity contribution in [2.45, 2.75) is 17.6 Å². The van der Waals surface area contributed by atoms with E-state index in [1.807, 2.05) is 0 Å². The van der Waals surface area contributed by atoms with E-state index < -0.39 is 11.6 Å². The summed E-state index contributed by atoms with van der Waals surface area (Å²) in [5, 5.41) is 0. The summed E-state index contributed by atoms with van der Waals surface area (Å²) in [5.41, 5.74) is 1.32. The number of thioether (sulfide) groups is 1. The van der Waals surface area contributed by atoms with Gasteiger partial charge in [0.25, 0.3) is 0 Å². The minimum absolute atomic E-state index is 0.0548. The maximum absolute atomic E-state index is 13.6. The molecule has 0 aliphatic rings. The van der Waals surface area contributed by atoms with Crippen LogP contribution in [0.5, 0.6) is 5.75 Å². The Balaban J connectivity index is 2.24.